The van der Waals surface area contributed by atoms with Crippen LogP contribution in [0.25, 0.3) is 0 Å². The number of unbranched alkanes of at least 4 members (excludes halogenated alkanes) is 4. The SMILES string of the molecule is CC(C)(C)OC(=O)NCCCCCCCC(=O)NCC(=O)NC(Cc1ccccc1)C(=O)NCCNC(=O)OCc1ccccc1. The Morgan fingerprint density at radius 1 is 0.652 bits per heavy atom. The number of hydrogen-bond acceptors (Lipinski definition) is 7. The summed E-state index contributed by atoms with van der Waals surface area (Å²) in [6, 6.07) is 17.7. The van der Waals surface area contributed by atoms with Gasteiger partial charge in [-0.15, -0.1) is 0 Å². The molecular formula is C34H49N5O7. The molecule has 0 saturated carbocycles. The summed E-state index contributed by atoms with van der Waals surface area (Å²) in [6.45, 7) is 6.15. The number of ether oxygens (including phenoxy) is 2. The van der Waals surface area contributed by atoms with Gasteiger partial charge in [-0.25, -0.2) is 9.59 Å². The highest BCUT2D eigenvalue weighted by Crippen LogP contribution is 2.08. The van der Waals surface area contributed by atoms with Crippen molar-refractivity contribution in [2.75, 3.05) is 26.2 Å². The van der Waals surface area contributed by atoms with E-state index in [9.17, 15) is 24.0 Å². The van der Waals surface area contributed by atoms with Gasteiger partial charge in [0.05, 0.1) is 6.54 Å². The zero-order chi connectivity index (χ0) is 33.6. The maximum Gasteiger partial charge on any atom is 0.407 e. The molecule has 12 heteroatoms. The maximum atomic E-state index is 12.9. The van der Waals surface area contributed by atoms with Gasteiger partial charge in [-0.3, -0.25) is 14.4 Å². The monoisotopic (exact) mass is 639 g/mol. The van der Waals surface area contributed by atoms with Crippen molar-refractivity contribution in [1.29, 1.82) is 0 Å². The minimum Gasteiger partial charge on any atom is -0.445 e. The Morgan fingerprint density at radius 2 is 1.24 bits per heavy atom. The summed E-state index contributed by atoms with van der Waals surface area (Å²) in [5.41, 5.74) is 1.19. The van der Waals surface area contributed by atoms with Crippen LogP contribution >= 0.6 is 0 Å². The molecule has 0 heterocycles. The van der Waals surface area contributed by atoms with Crippen LogP contribution in [0, 0.1) is 0 Å². The summed E-state index contributed by atoms with van der Waals surface area (Å²) >= 11 is 0. The second-order valence-corrected chi connectivity index (χ2v) is 11.8. The van der Waals surface area contributed by atoms with E-state index >= 15 is 0 Å². The second-order valence-electron chi connectivity index (χ2n) is 11.8. The van der Waals surface area contributed by atoms with E-state index in [1.54, 1.807) is 0 Å². The van der Waals surface area contributed by atoms with Gasteiger partial charge in [0.2, 0.25) is 17.7 Å². The predicted octanol–water partition coefficient (Wildman–Crippen LogP) is 3.74. The van der Waals surface area contributed by atoms with Gasteiger partial charge in [0.25, 0.3) is 0 Å². The zero-order valence-electron chi connectivity index (χ0n) is 27.2. The standard InChI is InChI=1S/C34H49N5O7/c1-34(2,3)46-33(44)36-20-14-6-4-5-13-19-29(40)38-24-30(41)39-28(23-26-15-9-7-10-16-26)31(42)35-21-22-37-32(43)45-25-27-17-11-8-12-18-27/h7-12,15-18,28H,4-6,13-14,19-25H2,1-3H3,(H,35,42)(H,36,44)(H,37,43)(H,38,40)(H,39,41). The first-order valence-corrected chi connectivity index (χ1v) is 15.8. The Morgan fingerprint density at radius 3 is 1.91 bits per heavy atom. The molecule has 0 aromatic heterocycles. The van der Waals surface area contributed by atoms with E-state index in [1.165, 1.54) is 0 Å². The first-order chi connectivity index (χ1) is 22.0. The summed E-state index contributed by atoms with van der Waals surface area (Å²) in [5, 5.41) is 13.4. The maximum absolute atomic E-state index is 12.9. The lowest BCUT2D eigenvalue weighted by Crippen LogP contribution is -2.51. The van der Waals surface area contributed by atoms with Crippen molar-refractivity contribution >= 4 is 29.9 Å². The van der Waals surface area contributed by atoms with Crippen LogP contribution in [0.15, 0.2) is 60.7 Å². The van der Waals surface area contributed by atoms with Gasteiger partial charge in [-0.05, 0) is 44.7 Å². The Labute approximate surface area is 271 Å². The van der Waals surface area contributed by atoms with Crippen molar-refractivity contribution in [1.82, 2.24) is 26.6 Å². The van der Waals surface area contributed by atoms with Crippen molar-refractivity contribution in [3.8, 4) is 0 Å². The van der Waals surface area contributed by atoms with E-state index in [2.05, 4.69) is 26.6 Å². The topological polar surface area (TPSA) is 164 Å². The second kappa shape index (κ2) is 21.2. The third-order valence-electron chi connectivity index (χ3n) is 6.54. The average Bonchev–Trinajstić information content (AvgIpc) is 3.02. The smallest absolute Gasteiger partial charge is 0.407 e. The third kappa shape index (κ3) is 18.3. The van der Waals surface area contributed by atoms with Crippen LogP contribution in [0.4, 0.5) is 9.59 Å². The fraction of sp³-hybridized carbons (Fsp3) is 0.500. The first kappa shape index (κ1) is 37.6. The Hall–Kier alpha value is -4.61. The molecule has 0 fully saturated rings. The van der Waals surface area contributed by atoms with Gasteiger partial charge >= 0.3 is 12.2 Å². The van der Waals surface area contributed by atoms with Crippen molar-refractivity contribution in [3.63, 3.8) is 0 Å². The summed E-state index contributed by atoms with van der Waals surface area (Å²) in [7, 11) is 0. The molecule has 46 heavy (non-hydrogen) atoms. The largest absolute Gasteiger partial charge is 0.445 e. The van der Waals surface area contributed by atoms with E-state index in [-0.39, 0.29) is 45.0 Å². The lowest BCUT2D eigenvalue weighted by molar-refractivity contribution is -0.129. The lowest BCUT2D eigenvalue weighted by Gasteiger charge is -2.19. The zero-order valence-corrected chi connectivity index (χ0v) is 27.2. The lowest BCUT2D eigenvalue weighted by atomic mass is 10.1. The third-order valence-corrected chi connectivity index (χ3v) is 6.54. The van der Waals surface area contributed by atoms with E-state index in [0.29, 0.717) is 13.0 Å². The highest BCUT2D eigenvalue weighted by molar-refractivity contribution is 5.90. The molecule has 1 atom stereocenters. The van der Waals surface area contributed by atoms with E-state index in [4.69, 9.17) is 9.47 Å². The summed E-state index contributed by atoms with van der Waals surface area (Å²) in [4.78, 5) is 61.4. The molecule has 12 nitrogen and oxygen atoms in total. The molecule has 2 aromatic rings. The van der Waals surface area contributed by atoms with Crippen LogP contribution in [0.5, 0.6) is 0 Å². The van der Waals surface area contributed by atoms with Gasteiger partial charge in [0, 0.05) is 32.5 Å². The number of nitrogens with one attached hydrogen (secondary N) is 5. The molecule has 252 valence electrons. The van der Waals surface area contributed by atoms with Crippen LogP contribution < -0.4 is 26.6 Å². The number of carbonyl (C=O) groups is 5. The molecule has 0 radical (unpaired) electrons. The fourth-order valence-electron chi connectivity index (χ4n) is 4.26. The fourth-order valence-corrected chi connectivity index (χ4v) is 4.26. The molecule has 2 aromatic carbocycles. The molecule has 0 saturated heterocycles. The van der Waals surface area contributed by atoms with Crippen molar-refractivity contribution in [2.24, 2.45) is 0 Å². The molecule has 0 bridgehead atoms. The van der Waals surface area contributed by atoms with Crippen molar-refractivity contribution in [3.05, 3.63) is 71.8 Å². The normalized spacial score (nSPS) is 11.5. The molecule has 5 N–H and O–H groups in total. The minimum absolute atomic E-state index is 0.136. The number of amides is 5. The molecule has 1 unspecified atom stereocenters. The van der Waals surface area contributed by atoms with Gasteiger partial charge in [-0.1, -0.05) is 79.9 Å². The Balaban J connectivity index is 1.64. The molecule has 0 aliphatic rings. The molecule has 2 rings (SSSR count). The Bertz CT molecular complexity index is 1220. The molecule has 5 amide bonds. The first-order valence-electron chi connectivity index (χ1n) is 15.8. The molecule has 0 aliphatic heterocycles. The van der Waals surface area contributed by atoms with Crippen LogP contribution in [0.2, 0.25) is 0 Å². The highest BCUT2D eigenvalue weighted by Gasteiger charge is 2.21. The van der Waals surface area contributed by atoms with Crippen LogP contribution in [0.3, 0.4) is 0 Å². The van der Waals surface area contributed by atoms with Crippen LogP contribution in [-0.2, 0) is 36.9 Å². The van der Waals surface area contributed by atoms with E-state index in [0.717, 1.165) is 36.8 Å². The average molecular weight is 640 g/mol. The quantitative estimate of drug-likeness (QED) is 0.146. The van der Waals surface area contributed by atoms with E-state index in [1.807, 2.05) is 81.4 Å². The summed E-state index contributed by atoms with van der Waals surface area (Å²) in [5.74, 6) is -1.13. The number of carbonyl (C=O) groups excluding carboxylic acids is 5. The minimum atomic E-state index is -0.873. The van der Waals surface area contributed by atoms with Crippen LogP contribution in [0.1, 0.15) is 70.4 Å². The van der Waals surface area contributed by atoms with E-state index < -0.39 is 35.6 Å². The van der Waals surface area contributed by atoms with Crippen molar-refractivity contribution < 1.29 is 33.4 Å². The molecular weight excluding hydrogens is 590 g/mol. The number of rotatable bonds is 19. The Kier molecular flexibility index (Phi) is 17.3. The predicted molar refractivity (Wildman–Crippen MR) is 175 cm³/mol. The van der Waals surface area contributed by atoms with Crippen LogP contribution in [-0.4, -0.2) is 67.7 Å². The number of alkyl carbamates (subject to hydrolysis) is 2. The van der Waals surface area contributed by atoms with Gasteiger partial charge in [-0.2, -0.15) is 0 Å². The highest BCUT2D eigenvalue weighted by atomic mass is 16.6. The summed E-state index contributed by atoms with van der Waals surface area (Å²) in [6.07, 6.45) is 3.71. The number of benzene rings is 2. The summed E-state index contributed by atoms with van der Waals surface area (Å²) < 4.78 is 10.4. The van der Waals surface area contributed by atoms with Gasteiger partial charge in [0.1, 0.15) is 18.2 Å². The molecule has 0 spiro atoms. The number of hydrogen-bond donors (Lipinski definition) is 5. The van der Waals surface area contributed by atoms with Gasteiger partial charge in [0.15, 0.2) is 0 Å². The molecule has 0 aliphatic carbocycles. The van der Waals surface area contributed by atoms with Crippen molar-refractivity contribution in [2.45, 2.75) is 84.0 Å². The van der Waals surface area contributed by atoms with Gasteiger partial charge < -0.3 is 36.1 Å².